The topological polar surface area (TPSA) is 54.9 Å². The Morgan fingerprint density at radius 2 is 1.78 bits per heavy atom. The third kappa shape index (κ3) is 4.76. The van der Waals surface area contributed by atoms with Crippen LogP contribution in [-0.2, 0) is 4.79 Å². The fraction of sp³-hybridized carbons (Fsp3) is 0.286. The molecule has 0 bridgehead atoms. The van der Waals surface area contributed by atoms with Crippen molar-refractivity contribution >= 4 is 34.1 Å². The molecule has 6 heteroatoms. The van der Waals surface area contributed by atoms with Crippen LogP contribution in [0.15, 0.2) is 47.4 Å². The largest absolute Gasteiger partial charge is 0.300 e. The second kappa shape index (κ2) is 8.67. The van der Waals surface area contributed by atoms with Gasteiger partial charge < -0.3 is 0 Å². The predicted molar refractivity (Wildman–Crippen MR) is 115 cm³/mol. The number of nitrogens with zero attached hydrogens (tertiary/aromatic N) is 2. The number of hydrogen-bond acceptors (Lipinski definition) is 5. The van der Waals surface area contributed by atoms with Crippen LogP contribution in [0.2, 0.25) is 0 Å². The molecule has 0 aliphatic carbocycles. The summed E-state index contributed by atoms with van der Waals surface area (Å²) in [5, 5.41) is 12.6. The highest BCUT2D eigenvalue weighted by atomic mass is 32.2. The van der Waals surface area contributed by atoms with E-state index in [0.717, 1.165) is 21.9 Å². The Morgan fingerprint density at radius 3 is 2.41 bits per heavy atom. The summed E-state index contributed by atoms with van der Waals surface area (Å²) in [5.41, 5.74) is 4.68. The van der Waals surface area contributed by atoms with Crippen LogP contribution in [0, 0.1) is 20.8 Å². The molecule has 0 saturated carbocycles. The van der Waals surface area contributed by atoms with E-state index in [1.54, 1.807) is 11.8 Å². The summed E-state index contributed by atoms with van der Waals surface area (Å²) in [5.74, 6) is -0.0357. The number of thioether (sulfide) groups is 1. The number of carbonyl (C=O) groups is 1. The molecule has 27 heavy (non-hydrogen) atoms. The Kier molecular flexibility index (Phi) is 6.29. The van der Waals surface area contributed by atoms with Gasteiger partial charge in [-0.2, -0.15) is 0 Å². The molecule has 0 fully saturated rings. The van der Waals surface area contributed by atoms with E-state index in [1.807, 2.05) is 37.3 Å². The van der Waals surface area contributed by atoms with Gasteiger partial charge in [0.1, 0.15) is 5.01 Å². The summed E-state index contributed by atoms with van der Waals surface area (Å²) in [6, 6.07) is 14.3. The van der Waals surface area contributed by atoms with Crippen molar-refractivity contribution in [2.75, 3.05) is 5.32 Å². The molecule has 1 atom stereocenters. The van der Waals surface area contributed by atoms with E-state index in [0.29, 0.717) is 5.13 Å². The summed E-state index contributed by atoms with van der Waals surface area (Å²) < 4.78 is 0. The smallest absolute Gasteiger partial charge is 0.239 e. The van der Waals surface area contributed by atoms with Gasteiger partial charge in [-0.05, 0) is 50.5 Å². The number of rotatable bonds is 6. The summed E-state index contributed by atoms with van der Waals surface area (Å²) in [4.78, 5) is 13.8. The minimum Gasteiger partial charge on any atom is -0.300 e. The molecular weight excluding hydrogens is 374 g/mol. The van der Waals surface area contributed by atoms with Crippen LogP contribution < -0.4 is 5.32 Å². The molecule has 1 aromatic heterocycles. The van der Waals surface area contributed by atoms with Crippen molar-refractivity contribution in [2.45, 2.75) is 44.3 Å². The van der Waals surface area contributed by atoms with Crippen molar-refractivity contribution in [1.82, 2.24) is 10.2 Å². The third-order valence-electron chi connectivity index (χ3n) is 4.23. The minimum atomic E-state index is -0.164. The van der Waals surface area contributed by atoms with Gasteiger partial charge in [0.05, 0.1) is 5.25 Å². The van der Waals surface area contributed by atoms with Crippen LogP contribution in [0.3, 0.4) is 0 Å². The highest BCUT2D eigenvalue weighted by Gasteiger charge is 2.20. The molecule has 140 valence electrons. The second-order valence-corrected chi connectivity index (χ2v) is 8.76. The maximum absolute atomic E-state index is 12.7. The van der Waals surface area contributed by atoms with Gasteiger partial charge in [-0.25, -0.2) is 0 Å². The quantitative estimate of drug-likeness (QED) is 0.547. The summed E-state index contributed by atoms with van der Waals surface area (Å²) in [6.07, 6.45) is 0.743. The average molecular weight is 398 g/mol. The zero-order valence-corrected chi connectivity index (χ0v) is 17.6. The van der Waals surface area contributed by atoms with Crippen LogP contribution in [0.1, 0.15) is 30.0 Å². The maximum atomic E-state index is 12.7. The zero-order chi connectivity index (χ0) is 19.4. The van der Waals surface area contributed by atoms with Gasteiger partial charge in [-0.3, -0.25) is 10.1 Å². The van der Waals surface area contributed by atoms with E-state index in [9.17, 15) is 4.79 Å². The SMILES string of the molecule is CC[C@H](Sc1ccccc1)C(=O)Nc1nnc(-c2c(C)cc(C)cc2C)s1. The maximum Gasteiger partial charge on any atom is 0.239 e. The molecule has 0 spiro atoms. The molecule has 4 nitrogen and oxygen atoms in total. The van der Waals surface area contributed by atoms with Crippen molar-refractivity contribution in [2.24, 2.45) is 0 Å². The van der Waals surface area contributed by atoms with E-state index in [2.05, 4.69) is 48.4 Å². The first-order valence-corrected chi connectivity index (χ1v) is 10.6. The van der Waals surface area contributed by atoms with Gasteiger partial charge in [0.25, 0.3) is 0 Å². The lowest BCUT2D eigenvalue weighted by atomic mass is 10.0. The van der Waals surface area contributed by atoms with E-state index >= 15 is 0 Å². The van der Waals surface area contributed by atoms with Gasteiger partial charge in [-0.15, -0.1) is 22.0 Å². The molecule has 3 rings (SSSR count). The minimum absolute atomic E-state index is 0.0357. The van der Waals surface area contributed by atoms with Crippen LogP contribution in [0.5, 0.6) is 0 Å². The highest BCUT2D eigenvalue weighted by molar-refractivity contribution is 8.00. The lowest BCUT2D eigenvalue weighted by Crippen LogP contribution is -2.24. The number of aryl methyl sites for hydroxylation is 3. The molecular formula is C21H23N3OS2. The van der Waals surface area contributed by atoms with E-state index in [-0.39, 0.29) is 11.2 Å². The van der Waals surface area contributed by atoms with Gasteiger partial charge in [0.15, 0.2) is 0 Å². The van der Waals surface area contributed by atoms with Crippen LogP contribution >= 0.6 is 23.1 Å². The summed E-state index contributed by atoms with van der Waals surface area (Å²) >= 11 is 2.99. The number of benzene rings is 2. The van der Waals surface area contributed by atoms with Crippen molar-refractivity contribution in [3.05, 3.63) is 59.2 Å². The first-order chi connectivity index (χ1) is 13.0. The Morgan fingerprint density at radius 1 is 1.11 bits per heavy atom. The highest BCUT2D eigenvalue weighted by Crippen LogP contribution is 2.33. The molecule has 2 aromatic carbocycles. The first kappa shape index (κ1) is 19.6. The Balaban J connectivity index is 1.74. The number of anilines is 1. The van der Waals surface area contributed by atoms with Crippen molar-refractivity contribution in [3.63, 3.8) is 0 Å². The van der Waals surface area contributed by atoms with Crippen molar-refractivity contribution in [1.29, 1.82) is 0 Å². The monoisotopic (exact) mass is 397 g/mol. The Labute approximate surface area is 168 Å². The summed E-state index contributed by atoms with van der Waals surface area (Å²) in [7, 11) is 0. The second-order valence-electron chi connectivity index (χ2n) is 6.50. The van der Waals surface area contributed by atoms with Gasteiger partial charge >= 0.3 is 0 Å². The zero-order valence-electron chi connectivity index (χ0n) is 15.9. The lowest BCUT2D eigenvalue weighted by molar-refractivity contribution is -0.115. The molecule has 0 saturated heterocycles. The molecule has 1 heterocycles. The molecule has 0 aliphatic heterocycles. The van der Waals surface area contributed by atoms with Crippen LogP contribution in [0.4, 0.5) is 5.13 Å². The molecule has 3 aromatic rings. The van der Waals surface area contributed by atoms with Crippen LogP contribution in [0.25, 0.3) is 10.6 Å². The number of hydrogen-bond donors (Lipinski definition) is 1. The van der Waals surface area contributed by atoms with Crippen molar-refractivity contribution in [3.8, 4) is 10.6 Å². The Bertz CT molecular complexity index is 915. The van der Waals surface area contributed by atoms with E-state index < -0.39 is 0 Å². The third-order valence-corrected chi connectivity index (χ3v) is 6.46. The number of carbonyl (C=O) groups excluding carboxylic acids is 1. The number of nitrogens with one attached hydrogen (secondary N) is 1. The summed E-state index contributed by atoms with van der Waals surface area (Å²) in [6.45, 7) is 8.27. The molecule has 1 amide bonds. The molecule has 0 aliphatic rings. The average Bonchev–Trinajstić information content (AvgIpc) is 3.07. The van der Waals surface area contributed by atoms with Gasteiger partial charge in [0.2, 0.25) is 11.0 Å². The predicted octanol–water partition coefficient (Wildman–Crippen LogP) is 5.64. The normalized spacial score (nSPS) is 12.0. The lowest BCUT2D eigenvalue weighted by Gasteiger charge is -2.13. The van der Waals surface area contributed by atoms with Gasteiger partial charge in [-0.1, -0.05) is 54.2 Å². The van der Waals surface area contributed by atoms with Crippen molar-refractivity contribution < 1.29 is 4.79 Å². The first-order valence-electron chi connectivity index (χ1n) is 8.92. The van der Waals surface area contributed by atoms with Gasteiger partial charge in [0, 0.05) is 10.5 Å². The standard InChI is InChI=1S/C21H23N3OS2/c1-5-17(26-16-9-7-6-8-10-16)19(25)22-21-24-23-20(27-21)18-14(3)11-13(2)12-15(18)4/h6-12,17H,5H2,1-4H3,(H,22,24,25)/t17-/m0/s1. The molecule has 0 radical (unpaired) electrons. The van der Waals surface area contributed by atoms with E-state index in [4.69, 9.17) is 0 Å². The molecule has 1 N–H and O–H groups in total. The van der Waals surface area contributed by atoms with E-state index in [1.165, 1.54) is 28.0 Å². The number of amides is 1. The fourth-order valence-corrected chi connectivity index (χ4v) is 4.96. The van der Waals surface area contributed by atoms with Crippen LogP contribution in [-0.4, -0.2) is 21.4 Å². The fourth-order valence-electron chi connectivity index (χ4n) is 3.06. The Hall–Kier alpha value is -2.18. The number of aromatic nitrogens is 2. The molecule has 0 unspecified atom stereocenters.